The van der Waals surface area contributed by atoms with Crippen LogP contribution in [0, 0.1) is 16.0 Å². The van der Waals surface area contributed by atoms with E-state index in [1.165, 1.54) is 18.4 Å². The number of nitrogens with one attached hydrogen (secondary N) is 2. The molecule has 1 fully saturated rings. The van der Waals surface area contributed by atoms with Crippen molar-refractivity contribution >= 4 is 34.6 Å². The van der Waals surface area contributed by atoms with Crippen LogP contribution in [0.2, 0.25) is 0 Å². The molecule has 0 bridgehead atoms. The van der Waals surface area contributed by atoms with Gasteiger partial charge in [-0.25, -0.2) is 0 Å². The fraction of sp³-hybridized carbons (Fsp3) is 0.250. The zero-order valence-corrected chi connectivity index (χ0v) is 18.1. The predicted molar refractivity (Wildman–Crippen MR) is 125 cm³/mol. The monoisotopic (exact) mass is 448 g/mol. The number of benzene rings is 2. The Morgan fingerprint density at radius 3 is 2.21 bits per heavy atom. The summed E-state index contributed by atoms with van der Waals surface area (Å²) in [6.07, 6.45) is 3.42. The van der Waals surface area contributed by atoms with Crippen molar-refractivity contribution in [2.75, 3.05) is 28.6 Å². The van der Waals surface area contributed by atoms with Gasteiger partial charge in [-0.2, -0.15) is 0 Å². The van der Waals surface area contributed by atoms with Crippen LogP contribution in [0.15, 0.2) is 65.3 Å². The molecule has 0 aliphatic carbocycles. The van der Waals surface area contributed by atoms with Gasteiger partial charge in [0.15, 0.2) is 5.76 Å². The molecular weight excluding hydrogens is 424 g/mol. The molecule has 9 heteroatoms. The van der Waals surface area contributed by atoms with Crippen LogP contribution in [0.4, 0.5) is 22.7 Å². The summed E-state index contributed by atoms with van der Waals surface area (Å²) in [4.78, 5) is 38.1. The molecule has 170 valence electrons. The molecule has 4 rings (SSSR count). The molecule has 0 saturated carbocycles. The number of furan rings is 1. The van der Waals surface area contributed by atoms with Gasteiger partial charge in [-0.3, -0.25) is 19.7 Å². The minimum atomic E-state index is -0.505. The minimum absolute atomic E-state index is 0.134. The van der Waals surface area contributed by atoms with Crippen molar-refractivity contribution < 1.29 is 18.9 Å². The van der Waals surface area contributed by atoms with Crippen molar-refractivity contribution in [2.45, 2.75) is 19.8 Å². The van der Waals surface area contributed by atoms with Crippen LogP contribution < -0.4 is 15.5 Å². The maximum Gasteiger partial charge on any atom is 0.291 e. The molecule has 0 unspecified atom stereocenters. The molecule has 2 N–H and O–H groups in total. The van der Waals surface area contributed by atoms with Gasteiger partial charge in [-0.15, -0.1) is 0 Å². The summed E-state index contributed by atoms with van der Waals surface area (Å²) in [7, 11) is 0. The van der Waals surface area contributed by atoms with Gasteiger partial charge >= 0.3 is 0 Å². The third kappa shape index (κ3) is 5.20. The number of hydrogen-bond acceptors (Lipinski definition) is 6. The SMILES string of the molecule is CC1CCN(c2ccc([N+](=O)[O-])cc2C(=O)Nc2ccc(NC(=O)c3ccco3)cc2)CC1. The Balaban J connectivity index is 1.50. The van der Waals surface area contributed by atoms with E-state index in [4.69, 9.17) is 4.42 Å². The van der Waals surface area contributed by atoms with Crippen molar-refractivity contribution in [1.82, 2.24) is 0 Å². The average Bonchev–Trinajstić information content (AvgIpc) is 3.36. The molecule has 1 aliphatic heterocycles. The number of hydrogen-bond donors (Lipinski definition) is 2. The van der Waals surface area contributed by atoms with Gasteiger partial charge in [0, 0.05) is 36.6 Å². The molecule has 0 atom stereocenters. The maximum atomic E-state index is 13.1. The highest BCUT2D eigenvalue weighted by Crippen LogP contribution is 2.30. The molecular formula is C24H24N4O5. The number of non-ortho nitro benzene ring substituents is 1. The first-order valence-electron chi connectivity index (χ1n) is 10.7. The van der Waals surface area contributed by atoms with Gasteiger partial charge in [0.05, 0.1) is 22.4 Å². The van der Waals surface area contributed by atoms with E-state index in [0.29, 0.717) is 23.0 Å². The quantitative estimate of drug-likeness (QED) is 0.408. The van der Waals surface area contributed by atoms with Crippen LogP contribution in [-0.4, -0.2) is 29.8 Å². The van der Waals surface area contributed by atoms with Crippen molar-refractivity contribution in [3.05, 3.63) is 82.3 Å². The lowest BCUT2D eigenvalue weighted by atomic mass is 9.98. The Morgan fingerprint density at radius 2 is 1.64 bits per heavy atom. The van der Waals surface area contributed by atoms with E-state index in [1.807, 2.05) is 0 Å². The number of nitrogens with zero attached hydrogens (tertiary/aromatic N) is 2. The van der Waals surface area contributed by atoms with Crippen LogP contribution >= 0.6 is 0 Å². The summed E-state index contributed by atoms with van der Waals surface area (Å²) in [6, 6.07) is 14.2. The fourth-order valence-corrected chi connectivity index (χ4v) is 3.78. The number of amides is 2. The summed E-state index contributed by atoms with van der Waals surface area (Å²) in [5, 5.41) is 16.8. The second-order valence-corrected chi connectivity index (χ2v) is 8.09. The van der Waals surface area contributed by atoms with E-state index in [9.17, 15) is 19.7 Å². The molecule has 33 heavy (non-hydrogen) atoms. The normalized spacial score (nSPS) is 14.0. The number of nitro benzene ring substituents is 1. The molecule has 1 saturated heterocycles. The third-order valence-electron chi connectivity index (χ3n) is 5.71. The highest BCUT2D eigenvalue weighted by molar-refractivity contribution is 6.09. The number of carbonyl (C=O) groups excluding carboxylic acids is 2. The number of anilines is 3. The first-order chi connectivity index (χ1) is 15.9. The zero-order chi connectivity index (χ0) is 23.4. The van der Waals surface area contributed by atoms with E-state index >= 15 is 0 Å². The minimum Gasteiger partial charge on any atom is -0.459 e. The van der Waals surface area contributed by atoms with Crippen LogP contribution in [0.1, 0.15) is 40.7 Å². The summed E-state index contributed by atoms with van der Waals surface area (Å²) >= 11 is 0. The summed E-state index contributed by atoms with van der Waals surface area (Å²) in [6.45, 7) is 3.79. The topological polar surface area (TPSA) is 118 Å². The standard InChI is InChI=1S/C24H24N4O5/c1-16-10-12-27(13-11-16)21-9-8-19(28(31)32)15-20(21)23(29)25-17-4-6-18(7-5-17)26-24(30)22-3-2-14-33-22/h2-9,14-16H,10-13H2,1H3,(H,25,29)(H,26,30). The molecule has 1 aliphatic rings. The van der Waals surface area contributed by atoms with E-state index in [0.717, 1.165) is 25.9 Å². The van der Waals surface area contributed by atoms with Crippen molar-refractivity contribution in [3.8, 4) is 0 Å². The van der Waals surface area contributed by atoms with Crippen LogP contribution in [0.5, 0.6) is 0 Å². The fourth-order valence-electron chi connectivity index (χ4n) is 3.78. The van der Waals surface area contributed by atoms with E-state index < -0.39 is 10.8 Å². The average molecular weight is 448 g/mol. The Bertz CT molecular complexity index is 1150. The molecule has 2 aromatic carbocycles. The van der Waals surface area contributed by atoms with Crippen molar-refractivity contribution in [2.24, 2.45) is 5.92 Å². The first kappa shape index (κ1) is 22.1. The van der Waals surface area contributed by atoms with Gasteiger partial charge in [0.2, 0.25) is 0 Å². The van der Waals surface area contributed by atoms with Gasteiger partial charge in [0.1, 0.15) is 0 Å². The van der Waals surface area contributed by atoms with E-state index in [-0.39, 0.29) is 22.9 Å². The van der Waals surface area contributed by atoms with Gasteiger partial charge < -0.3 is 20.0 Å². The second-order valence-electron chi connectivity index (χ2n) is 8.09. The number of rotatable bonds is 6. The Kier molecular flexibility index (Phi) is 6.39. The van der Waals surface area contributed by atoms with Gasteiger partial charge in [-0.05, 0) is 61.2 Å². The smallest absolute Gasteiger partial charge is 0.291 e. The van der Waals surface area contributed by atoms with Crippen LogP contribution in [0.25, 0.3) is 0 Å². The lowest BCUT2D eigenvalue weighted by molar-refractivity contribution is -0.384. The number of carbonyl (C=O) groups is 2. The highest BCUT2D eigenvalue weighted by Gasteiger charge is 2.23. The Hall–Kier alpha value is -4.14. The molecule has 0 spiro atoms. The highest BCUT2D eigenvalue weighted by atomic mass is 16.6. The first-order valence-corrected chi connectivity index (χ1v) is 10.7. The molecule has 2 amide bonds. The molecule has 0 radical (unpaired) electrons. The van der Waals surface area contributed by atoms with E-state index in [1.54, 1.807) is 42.5 Å². The lowest BCUT2D eigenvalue weighted by Gasteiger charge is -2.33. The summed E-state index contributed by atoms with van der Waals surface area (Å²) < 4.78 is 5.07. The summed E-state index contributed by atoms with van der Waals surface area (Å²) in [5.41, 5.74) is 1.85. The molecule has 1 aromatic heterocycles. The van der Waals surface area contributed by atoms with Crippen LogP contribution in [-0.2, 0) is 0 Å². The Morgan fingerprint density at radius 1 is 1.00 bits per heavy atom. The third-order valence-corrected chi connectivity index (χ3v) is 5.71. The number of nitro groups is 1. The lowest BCUT2D eigenvalue weighted by Crippen LogP contribution is -2.34. The van der Waals surface area contributed by atoms with Crippen molar-refractivity contribution in [1.29, 1.82) is 0 Å². The molecule has 3 aromatic rings. The zero-order valence-electron chi connectivity index (χ0n) is 18.1. The van der Waals surface area contributed by atoms with E-state index in [2.05, 4.69) is 22.5 Å². The molecule has 9 nitrogen and oxygen atoms in total. The van der Waals surface area contributed by atoms with Crippen molar-refractivity contribution in [3.63, 3.8) is 0 Å². The van der Waals surface area contributed by atoms with Gasteiger partial charge in [0.25, 0.3) is 17.5 Å². The second kappa shape index (κ2) is 9.56. The molecule has 2 heterocycles. The largest absolute Gasteiger partial charge is 0.459 e. The number of piperidine rings is 1. The maximum absolute atomic E-state index is 13.1. The Labute approximate surface area is 190 Å². The van der Waals surface area contributed by atoms with Crippen LogP contribution in [0.3, 0.4) is 0 Å². The summed E-state index contributed by atoms with van der Waals surface area (Å²) in [5.74, 6) is -0.00498. The predicted octanol–water partition coefficient (Wildman–Crippen LogP) is 4.93. The van der Waals surface area contributed by atoms with Gasteiger partial charge in [-0.1, -0.05) is 6.92 Å².